The largest absolute Gasteiger partial charge is 0.573 e. The van der Waals surface area contributed by atoms with Crippen molar-refractivity contribution in [1.82, 2.24) is 15.2 Å². The van der Waals surface area contributed by atoms with E-state index in [1.165, 1.54) is 12.1 Å². The molecule has 9 heteroatoms. The number of halogens is 3. The molecule has 2 amide bonds. The number of hydrogen-bond acceptors (Lipinski definition) is 3. The zero-order valence-corrected chi connectivity index (χ0v) is 18.7. The number of carbonyl (C=O) groups is 2. The first-order chi connectivity index (χ1) is 16.2. The van der Waals surface area contributed by atoms with Crippen LogP contribution in [-0.2, 0) is 11.2 Å². The van der Waals surface area contributed by atoms with Crippen molar-refractivity contribution in [3.05, 3.63) is 65.4 Å². The van der Waals surface area contributed by atoms with Gasteiger partial charge in [-0.25, -0.2) is 0 Å². The van der Waals surface area contributed by atoms with Gasteiger partial charge in [0.2, 0.25) is 5.91 Å². The Bertz CT molecular complexity index is 1170. The number of aromatic amines is 1. The number of carbonyl (C=O) groups excluding carboxylic acids is 2. The van der Waals surface area contributed by atoms with E-state index in [0.717, 1.165) is 11.3 Å². The highest BCUT2D eigenvalue weighted by atomic mass is 19.4. The van der Waals surface area contributed by atoms with Crippen LogP contribution in [0.15, 0.2) is 48.5 Å². The highest BCUT2D eigenvalue weighted by Gasteiger charge is 2.31. The lowest BCUT2D eigenvalue weighted by Gasteiger charge is -2.31. The molecule has 1 fully saturated rings. The van der Waals surface area contributed by atoms with E-state index in [9.17, 15) is 22.8 Å². The van der Waals surface area contributed by atoms with Crippen LogP contribution < -0.4 is 10.1 Å². The van der Waals surface area contributed by atoms with Gasteiger partial charge in [-0.2, -0.15) is 0 Å². The summed E-state index contributed by atoms with van der Waals surface area (Å²) < 4.78 is 41.8. The monoisotopic (exact) mass is 473 g/mol. The molecule has 180 valence electrons. The number of piperidine rings is 1. The van der Waals surface area contributed by atoms with Crippen LogP contribution in [0.3, 0.4) is 0 Å². The molecule has 2 N–H and O–H groups in total. The lowest BCUT2D eigenvalue weighted by molar-refractivity contribution is -0.274. The molecule has 1 aliphatic heterocycles. The van der Waals surface area contributed by atoms with E-state index >= 15 is 0 Å². The summed E-state index contributed by atoms with van der Waals surface area (Å²) in [6, 6.07) is 13.3. The average molecular weight is 473 g/mol. The van der Waals surface area contributed by atoms with Crippen molar-refractivity contribution in [3.8, 4) is 5.75 Å². The number of amides is 2. The van der Waals surface area contributed by atoms with Gasteiger partial charge in [0.15, 0.2) is 0 Å². The van der Waals surface area contributed by atoms with Crippen LogP contribution in [0, 0.1) is 12.8 Å². The molecule has 0 saturated carbocycles. The molecular formula is C25H26F3N3O3. The van der Waals surface area contributed by atoms with E-state index in [1.807, 2.05) is 25.1 Å². The van der Waals surface area contributed by atoms with Gasteiger partial charge in [0.05, 0.1) is 0 Å². The maximum Gasteiger partial charge on any atom is 0.573 e. The summed E-state index contributed by atoms with van der Waals surface area (Å²) in [5.41, 5.74) is 3.03. The highest BCUT2D eigenvalue weighted by Crippen LogP contribution is 2.30. The van der Waals surface area contributed by atoms with Crippen molar-refractivity contribution in [1.29, 1.82) is 0 Å². The molecule has 1 aliphatic rings. The summed E-state index contributed by atoms with van der Waals surface area (Å²) in [5, 5.41) is 3.58. The number of benzene rings is 2. The van der Waals surface area contributed by atoms with Crippen LogP contribution in [-0.4, -0.2) is 47.7 Å². The Morgan fingerprint density at radius 2 is 1.82 bits per heavy atom. The molecule has 34 heavy (non-hydrogen) atoms. The second-order valence-electron chi connectivity index (χ2n) is 8.46. The Labute approximate surface area is 195 Å². The van der Waals surface area contributed by atoms with Crippen molar-refractivity contribution in [2.24, 2.45) is 5.92 Å². The lowest BCUT2D eigenvalue weighted by Crippen LogP contribution is -2.43. The number of H-pyrrole nitrogens is 1. The van der Waals surface area contributed by atoms with Crippen LogP contribution >= 0.6 is 0 Å². The van der Waals surface area contributed by atoms with E-state index in [2.05, 4.69) is 15.0 Å². The third-order valence-electron chi connectivity index (χ3n) is 6.17. The number of nitrogens with one attached hydrogen (secondary N) is 2. The van der Waals surface area contributed by atoms with Crippen LogP contribution in [0.2, 0.25) is 0 Å². The molecule has 3 aromatic rings. The van der Waals surface area contributed by atoms with E-state index < -0.39 is 6.36 Å². The first-order valence-corrected chi connectivity index (χ1v) is 11.2. The Kier molecular flexibility index (Phi) is 6.81. The van der Waals surface area contributed by atoms with Gasteiger partial charge in [-0.3, -0.25) is 9.59 Å². The van der Waals surface area contributed by atoms with Crippen molar-refractivity contribution in [2.45, 2.75) is 32.5 Å². The number of fused-ring (bicyclic) bond motifs is 1. The minimum absolute atomic E-state index is 0.0249. The maximum absolute atomic E-state index is 12.7. The fourth-order valence-corrected chi connectivity index (χ4v) is 4.44. The van der Waals surface area contributed by atoms with Crippen LogP contribution in [0.4, 0.5) is 13.2 Å². The molecule has 0 bridgehead atoms. The van der Waals surface area contributed by atoms with Gasteiger partial charge in [-0.05, 0) is 62.1 Å². The topological polar surface area (TPSA) is 74.4 Å². The number of nitrogens with zero attached hydrogens (tertiary/aromatic N) is 1. The van der Waals surface area contributed by atoms with E-state index in [-0.39, 0.29) is 23.5 Å². The van der Waals surface area contributed by atoms with Crippen molar-refractivity contribution in [2.75, 3.05) is 19.6 Å². The molecule has 0 aliphatic carbocycles. The Morgan fingerprint density at radius 1 is 1.12 bits per heavy atom. The van der Waals surface area contributed by atoms with Gasteiger partial charge in [0, 0.05) is 47.7 Å². The summed E-state index contributed by atoms with van der Waals surface area (Å²) in [5.74, 6) is -0.537. The second kappa shape index (κ2) is 9.79. The Hall–Kier alpha value is -3.49. The van der Waals surface area contributed by atoms with Crippen molar-refractivity contribution >= 4 is 22.7 Å². The van der Waals surface area contributed by atoms with Gasteiger partial charge in [0.25, 0.3) is 5.91 Å². The Balaban J connectivity index is 1.31. The predicted octanol–water partition coefficient (Wildman–Crippen LogP) is 4.59. The van der Waals surface area contributed by atoms with Crippen molar-refractivity contribution < 1.29 is 27.5 Å². The fourth-order valence-electron chi connectivity index (χ4n) is 4.44. The smallest absolute Gasteiger partial charge is 0.406 e. The highest BCUT2D eigenvalue weighted by molar-refractivity contribution is 5.94. The molecule has 1 saturated heterocycles. The standard InChI is InChI=1S/C25H26F3N3O3/c1-16-20(21-15-19(34-25(26,27)28)7-8-22(21)30-16)9-12-29-23(32)17-10-13-31(14-11-17)24(33)18-5-3-2-4-6-18/h2-8,15,17,30H,9-14H2,1H3,(H,29,32). The lowest BCUT2D eigenvalue weighted by atomic mass is 9.95. The summed E-state index contributed by atoms with van der Waals surface area (Å²) in [7, 11) is 0. The minimum atomic E-state index is -4.76. The third kappa shape index (κ3) is 5.52. The van der Waals surface area contributed by atoms with Crippen molar-refractivity contribution in [3.63, 3.8) is 0 Å². The minimum Gasteiger partial charge on any atom is -0.406 e. The zero-order valence-electron chi connectivity index (χ0n) is 18.7. The number of alkyl halides is 3. The first-order valence-electron chi connectivity index (χ1n) is 11.2. The third-order valence-corrected chi connectivity index (χ3v) is 6.17. The fraction of sp³-hybridized carbons (Fsp3) is 0.360. The zero-order chi connectivity index (χ0) is 24.3. The van der Waals surface area contributed by atoms with Crippen LogP contribution in [0.1, 0.15) is 34.5 Å². The van der Waals surface area contributed by atoms with Gasteiger partial charge < -0.3 is 19.9 Å². The second-order valence-corrected chi connectivity index (χ2v) is 8.46. The molecule has 0 radical (unpaired) electrons. The molecule has 1 aromatic heterocycles. The first kappa shape index (κ1) is 23.7. The molecule has 6 nitrogen and oxygen atoms in total. The summed E-state index contributed by atoms with van der Waals surface area (Å²) in [4.78, 5) is 30.2. The van der Waals surface area contributed by atoms with Gasteiger partial charge >= 0.3 is 6.36 Å². The molecule has 0 atom stereocenters. The number of hydrogen-bond donors (Lipinski definition) is 2. The number of aryl methyl sites for hydroxylation is 1. The van der Waals surface area contributed by atoms with Crippen LogP contribution in [0.25, 0.3) is 10.9 Å². The maximum atomic E-state index is 12.7. The quantitative estimate of drug-likeness (QED) is 0.550. The van der Waals surface area contributed by atoms with E-state index in [0.29, 0.717) is 55.4 Å². The van der Waals surface area contributed by atoms with Gasteiger partial charge in [0.1, 0.15) is 5.75 Å². The summed E-state index contributed by atoms with van der Waals surface area (Å²) >= 11 is 0. The number of aromatic nitrogens is 1. The number of likely N-dealkylation sites (tertiary alicyclic amines) is 1. The molecular weight excluding hydrogens is 447 g/mol. The summed E-state index contributed by atoms with van der Waals surface area (Å²) in [6.07, 6.45) is -3.10. The average Bonchev–Trinajstić information content (AvgIpc) is 3.12. The number of rotatable bonds is 6. The van der Waals surface area contributed by atoms with Gasteiger partial charge in [-0.1, -0.05) is 18.2 Å². The van der Waals surface area contributed by atoms with Gasteiger partial charge in [-0.15, -0.1) is 13.2 Å². The normalized spacial score (nSPS) is 14.9. The molecule has 4 rings (SSSR count). The van der Waals surface area contributed by atoms with E-state index in [4.69, 9.17) is 0 Å². The Morgan fingerprint density at radius 3 is 2.50 bits per heavy atom. The van der Waals surface area contributed by atoms with E-state index in [1.54, 1.807) is 23.1 Å². The molecule has 2 aromatic carbocycles. The molecule has 0 spiro atoms. The number of ether oxygens (including phenoxy) is 1. The SMILES string of the molecule is Cc1[nH]c2ccc(OC(F)(F)F)cc2c1CCNC(=O)C1CCN(C(=O)c2ccccc2)CC1. The summed E-state index contributed by atoms with van der Waals surface area (Å²) in [6.45, 7) is 3.26. The molecule has 2 heterocycles. The van der Waals surface area contributed by atoms with Crippen LogP contribution in [0.5, 0.6) is 5.75 Å². The molecule has 0 unspecified atom stereocenters. The predicted molar refractivity (Wildman–Crippen MR) is 122 cm³/mol.